The molecule has 4 aromatic heterocycles. The highest BCUT2D eigenvalue weighted by molar-refractivity contribution is 6.09. The highest BCUT2D eigenvalue weighted by Gasteiger charge is 2.17. The van der Waals surface area contributed by atoms with Gasteiger partial charge in [-0.3, -0.25) is 4.40 Å². The zero-order valence-electron chi connectivity index (χ0n) is 23.1. The summed E-state index contributed by atoms with van der Waals surface area (Å²) in [5.74, 6) is 0.975. The first-order valence-electron chi connectivity index (χ1n) is 14.0. The molecule has 0 spiro atoms. The van der Waals surface area contributed by atoms with E-state index < -0.39 is 0 Å². The Morgan fingerprint density at radius 3 is 2.41 bits per heavy atom. The average molecular weight is 532 g/mol. The van der Waals surface area contributed by atoms with Gasteiger partial charge in [0.2, 0.25) is 0 Å². The molecule has 0 aliphatic carbocycles. The fourth-order valence-electron chi connectivity index (χ4n) is 5.56. The van der Waals surface area contributed by atoms with Gasteiger partial charge in [-0.1, -0.05) is 85.0 Å². The Kier molecular flexibility index (Phi) is 6.25. The fourth-order valence-corrected chi connectivity index (χ4v) is 5.56. The lowest BCUT2D eigenvalue weighted by Crippen LogP contribution is -1.99. The molecular weight excluding hydrogens is 502 g/mol. The molecule has 0 atom stereocenters. The number of imidazole rings is 2. The van der Waals surface area contributed by atoms with Crippen molar-refractivity contribution in [3.63, 3.8) is 0 Å². The molecule has 0 saturated heterocycles. The summed E-state index contributed by atoms with van der Waals surface area (Å²) in [6.45, 7) is 5.02. The van der Waals surface area contributed by atoms with Gasteiger partial charge in [0, 0.05) is 29.3 Å². The number of rotatable bonds is 6. The van der Waals surface area contributed by atoms with Gasteiger partial charge in [0.1, 0.15) is 17.0 Å². The van der Waals surface area contributed by atoms with E-state index >= 15 is 0 Å². The predicted molar refractivity (Wildman–Crippen MR) is 170 cm³/mol. The summed E-state index contributed by atoms with van der Waals surface area (Å²) >= 11 is 0. The predicted octanol–water partition coefficient (Wildman–Crippen LogP) is 8.84. The molecule has 198 valence electrons. The normalized spacial score (nSPS) is 12.0. The van der Waals surface area contributed by atoms with Crippen LogP contribution in [0, 0.1) is 0 Å². The minimum absolute atomic E-state index is 0.852. The second-order valence-corrected chi connectivity index (χ2v) is 10.0. The summed E-state index contributed by atoms with van der Waals surface area (Å²) in [6, 6.07) is 31.6. The third-order valence-corrected chi connectivity index (χ3v) is 7.53. The molecule has 0 amide bonds. The Labute approximate surface area is 238 Å². The van der Waals surface area contributed by atoms with Crippen molar-refractivity contribution in [1.29, 1.82) is 0 Å². The van der Waals surface area contributed by atoms with Crippen molar-refractivity contribution in [1.82, 2.24) is 23.9 Å². The Balaban J connectivity index is 1.30. The Morgan fingerprint density at radius 1 is 0.756 bits per heavy atom. The number of hydrogen-bond acceptors (Lipinski definition) is 3. The molecule has 0 bridgehead atoms. The number of aromatic nitrogens is 5. The molecule has 4 heterocycles. The lowest BCUT2D eigenvalue weighted by atomic mass is 9.99. The second kappa shape index (κ2) is 10.4. The van der Waals surface area contributed by atoms with E-state index in [-0.39, 0.29) is 0 Å². The van der Waals surface area contributed by atoms with Crippen molar-refractivity contribution in [3.8, 4) is 33.8 Å². The molecule has 0 radical (unpaired) electrons. The van der Waals surface area contributed by atoms with Crippen LogP contribution < -0.4 is 0 Å². The van der Waals surface area contributed by atoms with Crippen LogP contribution in [0.25, 0.3) is 67.4 Å². The molecule has 5 heteroatoms. The average Bonchev–Trinajstić information content (AvgIpc) is 3.63. The van der Waals surface area contributed by atoms with Gasteiger partial charge in [0.25, 0.3) is 0 Å². The van der Waals surface area contributed by atoms with E-state index in [1.165, 1.54) is 0 Å². The molecular formula is C36H29N5. The molecule has 3 aromatic carbocycles. The van der Waals surface area contributed by atoms with E-state index in [0.717, 1.165) is 73.6 Å². The zero-order valence-corrected chi connectivity index (χ0v) is 23.1. The van der Waals surface area contributed by atoms with Crippen molar-refractivity contribution < 1.29 is 0 Å². The summed E-state index contributed by atoms with van der Waals surface area (Å²) in [7, 11) is 0. The first kappa shape index (κ1) is 24.7. The molecule has 0 unspecified atom stereocenters. The molecule has 0 saturated carbocycles. The minimum atomic E-state index is 0.852. The summed E-state index contributed by atoms with van der Waals surface area (Å²) in [5.41, 5.74) is 10.3. The molecule has 0 N–H and O–H groups in total. The van der Waals surface area contributed by atoms with E-state index in [1.54, 1.807) is 0 Å². The maximum Gasteiger partial charge on any atom is 0.140 e. The zero-order chi connectivity index (χ0) is 27.8. The summed E-state index contributed by atoms with van der Waals surface area (Å²) in [5, 5.41) is 1.06. The lowest BCUT2D eigenvalue weighted by Gasteiger charge is -2.11. The van der Waals surface area contributed by atoms with Crippen molar-refractivity contribution in [2.24, 2.45) is 0 Å². The third kappa shape index (κ3) is 4.32. The standard InChI is InChI=1S/C36H29N5/c1-3-5-6-14-29-24-37-36(40(29)4-2)26-20-18-25(19-21-26)27-12-11-13-28(23-27)33-35-34(30-15-7-8-16-31(30)38-33)39-32-17-9-10-22-41(32)35/h3,5-24H,4H2,1-2H3/b5-3-,14-6-. The van der Waals surface area contributed by atoms with E-state index in [2.05, 4.69) is 88.8 Å². The number of hydrogen-bond donors (Lipinski definition) is 0. The van der Waals surface area contributed by atoms with Crippen LogP contribution in [-0.2, 0) is 6.54 Å². The first-order valence-corrected chi connectivity index (χ1v) is 14.0. The number of benzene rings is 3. The van der Waals surface area contributed by atoms with Gasteiger partial charge in [0.15, 0.2) is 0 Å². The van der Waals surface area contributed by atoms with Gasteiger partial charge in [0.05, 0.1) is 28.6 Å². The van der Waals surface area contributed by atoms with Crippen LogP contribution >= 0.6 is 0 Å². The lowest BCUT2D eigenvalue weighted by molar-refractivity contribution is 0.763. The number of allylic oxidation sites excluding steroid dienone is 3. The molecule has 7 aromatic rings. The van der Waals surface area contributed by atoms with Crippen LogP contribution in [-0.4, -0.2) is 23.9 Å². The number of pyridine rings is 2. The Morgan fingerprint density at radius 2 is 1.56 bits per heavy atom. The highest BCUT2D eigenvalue weighted by atomic mass is 15.1. The molecule has 41 heavy (non-hydrogen) atoms. The molecule has 0 fully saturated rings. The van der Waals surface area contributed by atoms with Crippen LogP contribution in [0.2, 0.25) is 0 Å². The monoisotopic (exact) mass is 531 g/mol. The maximum atomic E-state index is 5.15. The number of fused-ring (bicyclic) bond motifs is 5. The van der Waals surface area contributed by atoms with Gasteiger partial charge in [-0.05, 0) is 55.3 Å². The van der Waals surface area contributed by atoms with Gasteiger partial charge < -0.3 is 4.57 Å². The SMILES string of the molecule is C/C=C\C=C/c1cnc(-c2ccc(-c3cccc(-c4nc5ccccc5c5nc6ccccn6c45)c3)cc2)n1CC. The van der Waals surface area contributed by atoms with Gasteiger partial charge >= 0.3 is 0 Å². The topological polar surface area (TPSA) is 48.0 Å². The van der Waals surface area contributed by atoms with Gasteiger partial charge in [-0.2, -0.15) is 0 Å². The molecule has 0 aliphatic heterocycles. The van der Waals surface area contributed by atoms with Crippen LogP contribution in [0.4, 0.5) is 0 Å². The molecule has 7 rings (SSSR count). The summed E-state index contributed by atoms with van der Waals surface area (Å²) < 4.78 is 4.38. The fraction of sp³-hybridized carbons (Fsp3) is 0.0833. The van der Waals surface area contributed by atoms with Gasteiger partial charge in [-0.25, -0.2) is 15.0 Å². The summed E-state index contributed by atoms with van der Waals surface area (Å²) in [4.78, 5) is 14.9. The number of para-hydroxylation sites is 1. The maximum absolute atomic E-state index is 5.15. The van der Waals surface area contributed by atoms with Crippen molar-refractivity contribution in [3.05, 3.63) is 127 Å². The van der Waals surface area contributed by atoms with E-state index in [0.29, 0.717) is 0 Å². The number of nitrogens with zero attached hydrogens (tertiary/aromatic N) is 5. The van der Waals surface area contributed by atoms with Crippen LogP contribution in [0.5, 0.6) is 0 Å². The van der Waals surface area contributed by atoms with Crippen molar-refractivity contribution >= 4 is 33.7 Å². The Hall–Kier alpha value is -5.29. The van der Waals surface area contributed by atoms with E-state index in [9.17, 15) is 0 Å². The van der Waals surface area contributed by atoms with Crippen LogP contribution in [0.1, 0.15) is 19.5 Å². The van der Waals surface area contributed by atoms with Crippen molar-refractivity contribution in [2.75, 3.05) is 0 Å². The highest BCUT2D eigenvalue weighted by Crippen LogP contribution is 2.35. The van der Waals surface area contributed by atoms with Crippen LogP contribution in [0.3, 0.4) is 0 Å². The quantitative estimate of drug-likeness (QED) is 0.201. The third-order valence-electron chi connectivity index (χ3n) is 7.53. The minimum Gasteiger partial charge on any atom is -0.325 e. The first-order chi connectivity index (χ1) is 20.2. The summed E-state index contributed by atoms with van der Waals surface area (Å²) in [6.07, 6.45) is 12.2. The van der Waals surface area contributed by atoms with E-state index in [1.807, 2.05) is 61.7 Å². The van der Waals surface area contributed by atoms with Crippen molar-refractivity contribution in [2.45, 2.75) is 20.4 Å². The molecule has 5 nitrogen and oxygen atoms in total. The smallest absolute Gasteiger partial charge is 0.140 e. The Bertz CT molecular complexity index is 2090. The molecule has 0 aliphatic rings. The van der Waals surface area contributed by atoms with Gasteiger partial charge in [-0.15, -0.1) is 0 Å². The van der Waals surface area contributed by atoms with Crippen LogP contribution in [0.15, 0.2) is 122 Å². The largest absolute Gasteiger partial charge is 0.325 e. The van der Waals surface area contributed by atoms with E-state index in [4.69, 9.17) is 15.0 Å². The second-order valence-electron chi connectivity index (χ2n) is 10.0.